The Bertz CT molecular complexity index is 578. The second kappa shape index (κ2) is 6.02. The van der Waals surface area contributed by atoms with Crippen molar-refractivity contribution in [1.82, 2.24) is 4.90 Å². The molecule has 2 aliphatic rings. The molecule has 0 radical (unpaired) electrons. The summed E-state index contributed by atoms with van der Waals surface area (Å²) in [6.45, 7) is 0.833. The number of piperidine rings is 1. The first-order chi connectivity index (χ1) is 10.2. The maximum Gasteiger partial charge on any atom is 0.328 e. The van der Waals surface area contributed by atoms with Crippen molar-refractivity contribution in [2.24, 2.45) is 5.92 Å². The Morgan fingerprint density at radius 2 is 2.10 bits per heavy atom. The fraction of sp³-hybridized carbons (Fsp3) is 0.500. The van der Waals surface area contributed by atoms with Gasteiger partial charge in [0.2, 0.25) is 0 Å². The van der Waals surface area contributed by atoms with E-state index in [9.17, 15) is 9.59 Å². The van der Waals surface area contributed by atoms with Crippen molar-refractivity contribution in [3.63, 3.8) is 0 Å². The summed E-state index contributed by atoms with van der Waals surface area (Å²) in [5.41, 5.74) is 0.715. The van der Waals surface area contributed by atoms with E-state index in [-0.39, 0.29) is 5.91 Å². The van der Waals surface area contributed by atoms with Gasteiger partial charge < -0.3 is 10.0 Å². The van der Waals surface area contributed by atoms with E-state index in [2.05, 4.69) is 0 Å². The Hall–Kier alpha value is -1.62. The number of fused-ring (bicyclic) bond motifs is 1. The molecule has 1 saturated heterocycles. The number of carboxylic acids is 1. The molecule has 2 atom stereocenters. The highest BCUT2D eigenvalue weighted by atomic mass is 32.1. The molecule has 3 rings (SSSR count). The highest BCUT2D eigenvalue weighted by Gasteiger charge is 2.38. The Balaban J connectivity index is 1.82. The Kier molecular flexibility index (Phi) is 4.10. The molecule has 2 fully saturated rings. The number of thiophene rings is 1. The number of rotatable bonds is 3. The van der Waals surface area contributed by atoms with E-state index in [0.717, 1.165) is 25.5 Å². The van der Waals surface area contributed by atoms with Crippen molar-refractivity contribution >= 4 is 29.3 Å². The highest BCUT2D eigenvalue weighted by Crippen LogP contribution is 2.38. The summed E-state index contributed by atoms with van der Waals surface area (Å²) in [7, 11) is 0. The van der Waals surface area contributed by atoms with Gasteiger partial charge in [-0.2, -0.15) is 0 Å². The van der Waals surface area contributed by atoms with Crippen LogP contribution in [0.1, 0.15) is 47.3 Å². The van der Waals surface area contributed by atoms with E-state index in [1.54, 1.807) is 0 Å². The summed E-state index contributed by atoms with van der Waals surface area (Å²) < 4.78 is 0. The molecular weight excluding hydrogens is 286 g/mol. The molecule has 1 saturated carbocycles. The van der Waals surface area contributed by atoms with Crippen LogP contribution in [0.4, 0.5) is 0 Å². The predicted molar refractivity (Wildman–Crippen MR) is 82.4 cm³/mol. The molecule has 1 aliphatic heterocycles. The molecule has 0 bridgehead atoms. The lowest BCUT2D eigenvalue weighted by Gasteiger charge is -2.37. The third-order valence-corrected chi connectivity index (χ3v) is 5.47. The standard InChI is InChI=1S/C16H19NO3S/c18-14(19)7-6-12-8-10-21-15(12)16(20)17-9-2-4-11-3-1-5-13(11)17/h6-8,10-11,13H,1-5,9H2,(H,18,19). The molecule has 0 spiro atoms. The molecule has 1 N–H and O–H groups in total. The SMILES string of the molecule is O=C(O)C=Cc1ccsc1C(=O)N1CCCC2CCCC21. The van der Waals surface area contributed by atoms with Crippen LogP contribution in [0.25, 0.3) is 6.08 Å². The molecule has 0 aromatic carbocycles. The largest absolute Gasteiger partial charge is 0.478 e. The number of nitrogens with zero attached hydrogens (tertiary/aromatic N) is 1. The summed E-state index contributed by atoms with van der Waals surface area (Å²) >= 11 is 1.40. The van der Waals surface area contributed by atoms with E-state index in [1.807, 2.05) is 16.3 Å². The molecule has 2 unspecified atom stereocenters. The highest BCUT2D eigenvalue weighted by molar-refractivity contribution is 7.12. The van der Waals surface area contributed by atoms with Gasteiger partial charge in [-0.15, -0.1) is 11.3 Å². The second-order valence-electron chi connectivity index (χ2n) is 5.78. The number of carboxylic acid groups (broad SMARTS) is 1. The number of carbonyl (C=O) groups is 2. The van der Waals surface area contributed by atoms with Crippen LogP contribution in [0, 0.1) is 5.92 Å². The van der Waals surface area contributed by atoms with Gasteiger partial charge in [-0.25, -0.2) is 4.79 Å². The number of carbonyl (C=O) groups excluding carboxylic acids is 1. The Labute approximate surface area is 128 Å². The minimum absolute atomic E-state index is 0.0756. The van der Waals surface area contributed by atoms with Crippen LogP contribution < -0.4 is 0 Å². The predicted octanol–water partition coefficient (Wildman–Crippen LogP) is 3.25. The van der Waals surface area contributed by atoms with Gasteiger partial charge in [0.25, 0.3) is 5.91 Å². The van der Waals surface area contributed by atoms with Crippen molar-refractivity contribution in [3.05, 3.63) is 28.0 Å². The lowest BCUT2D eigenvalue weighted by atomic mass is 9.91. The number of hydrogen-bond donors (Lipinski definition) is 1. The minimum Gasteiger partial charge on any atom is -0.478 e. The van der Waals surface area contributed by atoms with Gasteiger partial charge in [0.1, 0.15) is 0 Å². The summed E-state index contributed by atoms with van der Waals surface area (Å²) in [5, 5.41) is 10.6. The van der Waals surface area contributed by atoms with Gasteiger partial charge in [0.15, 0.2) is 0 Å². The van der Waals surface area contributed by atoms with Crippen LogP contribution >= 0.6 is 11.3 Å². The zero-order chi connectivity index (χ0) is 14.8. The fourth-order valence-electron chi connectivity index (χ4n) is 3.62. The van der Waals surface area contributed by atoms with Crippen molar-refractivity contribution in [2.75, 3.05) is 6.54 Å². The number of aliphatic carboxylic acids is 1. The second-order valence-corrected chi connectivity index (χ2v) is 6.69. The molecule has 4 nitrogen and oxygen atoms in total. The van der Waals surface area contributed by atoms with Crippen LogP contribution in [0.3, 0.4) is 0 Å². The van der Waals surface area contributed by atoms with Crippen molar-refractivity contribution in [2.45, 2.75) is 38.1 Å². The Morgan fingerprint density at radius 3 is 2.90 bits per heavy atom. The van der Waals surface area contributed by atoms with Crippen molar-refractivity contribution in [3.8, 4) is 0 Å². The van der Waals surface area contributed by atoms with Gasteiger partial charge in [-0.1, -0.05) is 6.42 Å². The van der Waals surface area contributed by atoms with E-state index >= 15 is 0 Å². The molecule has 21 heavy (non-hydrogen) atoms. The number of hydrogen-bond acceptors (Lipinski definition) is 3. The third kappa shape index (κ3) is 2.88. The van der Waals surface area contributed by atoms with Crippen LogP contribution in [0.2, 0.25) is 0 Å². The van der Waals surface area contributed by atoms with Crippen molar-refractivity contribution in [1.29, 1.82) is 0 Å². The normalized spacial score (nSPS) is 25.2. The summed E-state index contributed by atoms with van der Waals surface area (Å²) in [5.74, 6) is -0.249. The first-order valence-corrected chi connectivity index (χ1v) is 8.34. The van der Waals surface area contributed by atoms with Crippen LogP contribution in [0.5, 0.6) is 0 Å². The molecule has 112 valence electrons. The van der Waals surface area contributed by atoms with E-state index in [0.29, 0.717) is 22.4 Å². The Morgan fingerprint density at radius 1 is 1.29 bits per heavy atom. The summed E-state index contributed by atoms with van der Waals surface area (Å²) in [6.07, 6.45) is 8.50. The molecular formula is C16H19NO3S. The van der Waals surface area contributed by atoms with Gasteiger partial charge in [0.05, 0.1) is 4.88 Å². The summed E-state index contributed by atoms with van der Waals surface area (Å²) in [6, 6.07) is 2.21. The fourth-order valence-corrected chi connectivity index (χ4v) is 4.46. The van der Waals surface area contributed by atoms with Gasteiger partial charge in [-0.05, 0) is 54.7 Å². The first-order valence-electron chi connectivity index (χ1n) is 7.46. The maximum atomic E-state index is 12.8. The number of amides is 1. The third-order valence-electron chi connectivity index (χ3n) is 4.55. The zero-order valence-electron chi connectivity index (χ0n) is 11.8. The number of likely N-dealkylation sites (tertiary alicyclic amines) is 1. The average Bonchev–Trinajstić information content (AvgIpc) is 3.12. The van der Waals surface area contributed by atoms with Crippen LogP contribution in [0.15, 0.2) is 17.5 Å². The molecule has 5 heteroatoms. The lowest BCUT2D eigenvalue weighted by Crippen LogP contribution is -2.46. The molecule has 2 heterocycles. The molecule has 1 aliphatic carbocycles. The smallest absolute Gasteiger partial charge is 0.328 e. The molecule has 1 amide bonds. The van der Waals surface area contributed by atoms with E-state index in [4.69, 9.17) is 5.11 Å². The topological polar surface area (TPSA) is 57.6 Å². The first kappa shape index (κ1) is 14.3. The summed E-state index contributed by atoms with van der Waals surface area (Å²) in [4.78, 5) is 26.2. The molecule has 1 aromatic heterocycles. The maximum absolute atomic E-state index is 12.8. The van der Waals surface area contributed by atoms with Gasteiger partial charge >= 0.3 is 5.97 Å². The zero-order valence-corrected chi connectivity index (χ0v) is 12.6. The van der Waals surface area contributed by atoms with Crippen LogP contribution in [-0.2, 0) is 4.79 Å². The average molecular weight is 305 g/mol. The quantitative estimate of drug-likeness (QED) is 0.872. The van der Waals surface area contributed by atoms with E-state index in [1.165, 1.54) is 36.7 Å². The van der Waals surface area contributed by atoms with Crippen molar-refractivity contribution < 1.29 is 14.7 Å². The van der Waals surface area contributed by atoms with Gasteiger partial charge in [0, 0.05) is 18.7 Å². The van der Waals surface area contributed by atoms with E-state index < -0.39 is 5.97 Å². The lowest BCUT2D eigenvalue weighted by molar-refractivity contribution is -0.131. The monoisotopic (exact) mass is 305 g/mol. The van der Waals surface area contributed by atoms with Crippen LogP contribution in [-0.4, -0.2) is 34.5 Å². The van der Waals surface area contributed by atoms with Gasteiger partial charge in [-0.3, -0.25) is 4.79 Å². The minimum atomic E-state index is -0.992. The molecule has 1 aromatic rings.